The summed E-state index contributed by atoms with van der Waals surface area (Å²) in [6.07, 6.45) is 2.24. The number of carbonyl (C=O) groups excluding carboxylic acids is 1. The number of rotatable bonds is 3. The summed E-state index contributed by atoms with van der Waals surface area (Å²) in [7, 11) is 1.58. The van der Waals surface area contributed by atoms with Crippen LogP contribution in [0, 0.1) is 11.3 Å². The highest BCUT2D eigenvalue weighted by Crippen LogP contribution is 2.30. The molecule has 116 valence electrons. The van der Waals surface area contributed by atoms with E-state index in [4.69, 9.17) is 4.74 Å². The number of ether oxygens (including phenoxy) is 1. The normalized spacial score (nSPS) is 13.2. The van der Waals surface area contributed by atoms with E-state index in [0.29, 0.717) is 23.6 Å². The predicted octanol–water partition coefficient (Wildman–Crippen LogP) is 2.12. The first kappa shape index (κ1) is 15.0. The van der Waals surface area contributed by atoms with Crippen molar-refractivity contribution in [1.82, 2.24) is 9.97 Å². The number of aromatic nitrogens is 2. The fraction of sp³-hybridized carbons (Fsp3) is 0.294. The number of fused-ring (bicyclic) bond motifs is 1. The minimum Gasteiger partial charge on any atom is -0.481 e. The molecule has 0 radical (unpaired) electrons. The molecule has 0 N–H and O–H groups in total. The average molecular weight is 308 g/mol. The van der Waals surface area contributed by atoms with Crippen molar-refractivity contribution in [1.29, 1.82) is 5.26 Å². The number of nitrogens with zero attached hydrogens (tertiary/aromatic N) is 4. The molecule has 0 atom stereocenters. The van der Waals surface area contributed by atoms with Crippen molar-refractivity contribution < 1.29 is 9.53 Å². The largest absolute Gasteiger partial charge is 0.481 e. The van der Waals surface area contributed by atoms with E-state index in [9.17, 15) is 10.1 Å². The SMILES string of the molecule is COc1ncnc2c1CN(c1cc(C(C)=O)ccc1C#N)CC2. The summed E-state index contributed by atoms with van der Waals surface area (Å²) in [5, 5.41) is 9.36. The average Bonchev–Trinajstić information content (AvgIpc) is 2.60. The van der Waals surface area contributed by atoms with Crippen LogP contribution in [0.3, 0.4) is 0 Å². The first-order chi connectivity index (χ1) is 11.1. The summed E-state index contributed by atoms with van der Waals surface area (Å²) in [6.45, 7) is 2.80. The maximum Gasteiger partial charge on any atom is 0.221 e. The Kier molecular flexibility index (Phi) is 3.94. The molecule has 1 aliphatic heterocycles. The number of anilines is 1. The quantitative estimate of drug-likeness (QED) is 0.808. The zero-order valence-corrected chi connectivity index (χ0v) is 13.0. The zero-order valence-electron chi connectivity index (χ0n) is 13.0. The first-order valence-corrected chi connectivity index (χ1v) is 7.30. The molecule has 2 heterocycles. The minimum absolute atomic E-state index is 0.0194. The summed E-state index contributed by atoms with van der Waals surface area (Å²) < 4.78 is 5.32. The number of hydrogen-bond donors (Lipinski definition) is 0. The Hall–Kier alpha value is -2.94. The Labute approximate surface area is 134 Å². The summed E-state index contributed by atoms with van der Waals surface area (Å²) >= 11 is 0. The second-order valence-electron chi connectivity index (χ2n) is 5.38. The molecule has 0 amide bonds. The summed E-state index contributed by atoms with van der Waals surface area (Å²) in [4.78, 5) is 22.2. The van der Waals surface area contributed by atoms with Gasteiger partial charge in [-0.15, -0.1) is 0 Å². The number of Topliss-reactive ketones (excluding diaryl/α,β-unsaturated/α-hetero) is 1. The lowest BCUT2D eigenvalue weighted by Gasteiger charge is -2.31. The summed E-state index contributed by atoms with van der Waals surface area (Å²) in [5.74, 6) is 0.537. The lowest BCUT2D eigenvalue weighted by atomic mass is 10.0. The van der Waals surface area contributed by atoms with Gasteiger partial charge in [-0.05, 0) is 25.1 Å². The van der Waals surface area contributed by atoms with Crippen LogP contribution < -0.4 is 9.64 Å². The molecule has 0 spiro atoms. The number of carbonyl (C=O) groups is 1. The van der Waals surface area contributed by atoms with Crippen molar-refractivity contribution in [2.75, 3.05) is 18.6 Å². The molecule has 6 nitrogen and oxygen atoms in total. The van der Waals surface area contributed by atoms with Gasteiger partial charge in [-0.2, -0.15) is 5.26 Å². The van der Waals surface area contributed by atoms with Gasteiger partial charge in [0.15, 0.2) is 5.78 Å². The van der Waals surface area contributed by atoms with Gasteiger partial charge in [0.25, 0.3) is 0 Å². The van der Waals surface area contributed by atoms with Gasteiger partial charge in [-0.1, -0.05) is 0 Å². The van der Waals surface area contributed by atoms with Crippen molar-refractivity contribution >= 4 is 11.5 Å². The Bertz CT molecular complexity index is 796. The molecule has 1 aromatic heterocycles. The van der Waals surface area contributed by atoms with Crippen LogP contribution in [-0.2, 0) is 13.0 Å². The molecule has 0 bridgehead atoms. The molecular formula is C17H16N4O2. The number of hydrogen-bond acceptors (Lipinski definition) is 6. The van der Waals surface area contributed by atoms with Gasteiger partial charge >= 0.3 is 0 Å². The van der Waals surface area contributed by atoms with Gasteiger partial charge < -0.3 is 9.64 Å². The molecule has 0 fully saturated rings. The van der Waals surface area contributed by atoms with Gasteiger partial charge in [-0.3, -0.25) is 4.79 Å². The third-order valence-electron chi connectivity index (χ3n) is 4.02. The fourth-order valence-electron chi connectivity index (χ4n) is 2.80. The van der Waals surface area contributed by atoms with Crippen molar-refractivity contribution in [2.45, 2.75) is 19.9 Å². The number of benzene rings is 1. The first-order valence-electron chi connectivity index (χ1n) is 7.30. The number of ketones is 1. The maximum absolute atomic E-state index is 11.6. The summed E-state index contributed by atoms with van der Waals surface area (Å²) in [5.41, 5.74) is 3.81. The van der Waals surface area contributed by atoms with E-state index in [1.54, 1.807) is 25.3 Å². The number of methoxy groups -OCH3 is 1. The van der Waals surface area contributed by atoms with Gasteiger partial charge in [0.1, 0.15) is 12.4 Å². The van der Waals surface area contributed by atoms with Crippen molar-refractivity contribution in [2.24, 2.45) is 0 Å². The molecule has 0 unspecified atom stereocenters. The van der Waals surface area contributed by atoms with E-state index in [0.717, 1.165) is 29.9 Å². The molecule has 1 aromatic carbocycles. The Morgan fingerprint density at radius 3 is 2.91 bits per heavy atom. The molecular weight excluding hydrogens is 292 g/mol. The predicted molar refractivity (Wildman–Crippen MR) is 84.5 cm³/mol. The molecule has 0 aliphatic carbocycles. The van der Waals surface area contributed by atoms with Crippen LogP contribution in [-0.4, -0.2) is 29.4 Å². The molecule has 6 heteroatoms. The third-order valence-corrected chi connectivity index (χ3v) is 4.02. The van der Waals surface area contributed by atoms with Crippen LogP contribution in [0.1, 0.15) is 34.1 Å². The summed E-state index contributed by atoms with van der Waals surface area (Å²) in [6, 6.07) is 7.36. The van der Waals surface area contributed by atoms with E-state index in [1.165, 1.54) is 13.3 Å². The Balaban J connectivity index is 2.02. The number of nitriles is 1. The zero-order chi connectivity index (χ0) is 16.4. The highest BCUT2D eigenvalue weighted by atomic mass is 16.5. The molecule has 0 saturated heterocycles. The van der Waals surface area contributed by atoms with E-state index in [-0.39, 0.29) is 5.78 Å². The van der Waals surface area contributed by atoms with E-state index < -0.39 is 0 Å². The second kappa shape index (κ2) is 6.05. The van der Waals surface area contributed by atoms with Crippen LogP contribution in [0.4, 0.5) is 5.69 Å². The monoisotopic (exact) mass is 308 g/mol. The second-order valence-corrected chi connectivity index (χ2v) is 5.38. The molecule has 3 rings (SSSR count). The highest BCUT2D eigenvalue weighted by Gasteiger charge is 2.23. The van der Waals surface area contributed by atoms with Crippen LogP contribution in [0.5, 0.6) is 5.88 Å². The third kappa shape index (κ3) is 2.73. The van der Waals surface area contributed by atoms with Crippen molar-refractivity contribution in [3.05, 3.63) is 46.9 Å². The standard InChI is InChI=1S/C17H16N4O2/c1-11(22)12-3-4-13(8-18)16(7-12)21-6-5-15-14(9-21)17(23-2)20-10-19-15/h3-4,7,10H,5-6,9H2,1-2H3. The molecule has 0 saturated carbocycles. The van der Waals surface area contributed by atoms with Crippen LogP contribution in [0.2, 0.25) is 0 Å². The van der Waals surface area contributed by atoms with Gasteiger partial charge in [0.05, 0.1) is 36.2 Å². The van der Waals surface area contributed by atoms with E-state index in [1.807, 2.05) is 0 Å². The van der Waals surface area contributed by atoms with Crippen LogP contribution in [0.25, 0.3) is 0 Å². The van der Waals surface area contributed by atoms with Gasteiger partial charge in [0, 0.05) is 18.5 Å². The maximum atomic E-state index is 11.6. The molecule has 1 aliphatic rings. The lowest BCUT2D eigenvalue weighted by molar-refractivity contribution is 0.101. The lowest BCUT2D eigenvalue weighted by Crippen LogP contribution is -2.32. The highest BCUT2D eigenvalue weighted by molar-refractivity contribution is 5.95. The molecule has 23 heavy (non-hydrogen) atoms. The topological polar surface area (TPSA) is 79.1 Å². The van der Waals surface area contributed by atoms with Crippen LogP contribution in [0.15, 0.2) is 24.5 Å². The van der Waals surface area contributed by atoms with Crippen LogP contribution >= 0.6 is 0 Å². The fourth-order valence-corrected chi connectivity index (χ4v) is 2.80. The van der Waals surface area contributed by atoms with Gasteiger partial charge in [-0.25, -0.2) is 9.97 Å². The molecule has 2 aromatic rings. The minimum atomic E-state index is -0.0194. The van der Waals surface area contributed by atoms with Gasteiger partial charge in [0.2, 0.25) is 5.88 Å². The smallest absolute Gasteiger partial charge is 0.221 e. The van der Waals surface area contributed by atoms with E-state index in [2.05, 4.69) is 20.9 Å². The van der Waals surface area contributed by atoms with Crippen molar-refractivity contribution in [3.63, 3.8) is 0 Å². The Morgan fingerprint density at radius 1 is 1.39 bits per heavy atom. The van der Waals surface area contributed by atoms with Crippen molar-refractivity contribution in [3.8, 4) is 11.9 Å². The Morgan fingerprint density at radius 2 is 2.22 bits per heavy atom. The van der Waals surface area contributed by atoms with E-state index >= 15 is 0 Å².